The number of hydrogen-bond acceptors (Lipinski definition) is 4. The Bertz CT molecular complexity index is 473. The molecule has 0 aliphatic rings. The summed E-state index contributed by atoms with van der Waals surface area (Å²) in [5.41, 5.74) is 0.517. The van der Waals surface area contributed by atoms with Gasteiger partial charge in [-0.25, -0.2) is 9.59 Å². The third-order valence-corrected chi connectivity index (χ3v) is 2.80. The fraction of sp³-hybridized carbons (Fsp3) is 0.167. The molecule has 0 atom stereocenters. The van der Waals surface area contributed by atoms with E-state index < -0.39 is 12.1 Å². The summed E-state index contributed by atoms with van der Waals surface area (Å²) >= 11 is 1.33. The molecule has 0 saturated carbocycles. The van der Waals surface area contributed by atoms with Crippen molar-refractivity contribution in [1.82, 2.24) is 0 Å². The lowest BCUT2D eigenvalue weighted by Crippen LogP contribution is -2.14. The molecule has 1 amide bonds. The van der Waals surface area contributed by atoms with Crippen molar-refractivity contribution in [2.75, 3.05) is 18.2 Å². The van der Waals surface area contributed by atoms with Crippen LogP contribution in [0.2, 0.25) is 0 Å². The van der Waals surface area contributed by atoms with Crippen molar-refractivity contribution in [1.29, 1.82) is 0 Å². The summed E-state index contributed by atoms with van der Waals surface area (Å²) in [5, 5.41) is 11.5. The van der Waals surface area contributed by atoms with E-state index in [4.69, 9.17) is 9.84 Å². The van der Waals surface area contributed by atoms with Crippen LogP contribution >= 0.6 is 11.8 Å². The van der Waals surface area contributed by atoms with Crippen LogP contribution in [0.15, 0.2) is 35.7 Å². The second-order valence-electron chi connectivity index (χ2n) is 3.23. The van der Waals surface area contributed by atoms with Crippen molar-refractivity contribution < 1.29 is 19.4 Å². The van der Waals surface area contributed by atoms with E-state index in [1.807, 2.05) is 0 Å². The number of hydrogen-bond donors (Lipinski definition) is 2. The van der Waals surface area contributed by atoms with E-state index in [1.54, 1.807) is 18.4 Å². The number of ether oxygens (including phenoxy) is 1. The Hall–Kier alpha value is -1.95. The molecular weight excluding hydrogens is 254 g/mol. The van der Waals surface area contributed by atoms with Gasteiger partial charge in [0.15, 0.2) is 0 Å². The van der Waals surface area contributed by atoms with Crippen LogP contribution in [0.4, 0.5) is 10.5 Å². The molecule has 0 heterocycles. The molecule has 0 spiro atoms. The minimum absolute atomic E-state index is 0.0977. The lowest BCUT2D eigenvalue weighted by molar-refractivity contribution is 0.0693. The van der Waals surface area contributed by atoms with Gasteiger partial charge >= 0.3 is 12.1 Å². The molecule has 0 fully saturated rings. The first-order valence-electron chi connectivity index (χ1n) is 5.04. The van der Waals surface area contributed by atoms with E-state index in [0.717, 1.165) is 0 Å². The Balaban J connectivity index is 2.85. The van der Waals surface area contributed by atoms with Crippen molar-refractivity contribution in [2.45, 2.75) is 4.90 Å². The van der Waals surface area contributed by atoms with E-state index in [0.29, 0.717) is 10.6 Å². The number of carbonyl (C=O) groups excluding carboxylic acids is 1. The lowest BCUT2D eigenvalue weighted by Gasteiger charge is -2.08. The fourth-order valence-electron chi connectivity index (χ4n) is 1.24. The molecule has 0 saturated heterocycles. The molecule has 2 N–H and O–H groups in total. The fourth-order valence-corrected chi connectivity index (χ4v) is 1.81. The molecule has 0 unspecified atom stereocenters. The van der Waals surface area contributed by atoms with Crippen molar-refractivity contribution >= 4 is 29.5 Å². The molecule has 1 rings (SSSR count). The largest absolute Gasteiger partial charge is 0.478 e. The number of amides is 1. The molecule has 1 aromatic carbocycles. The number of thioether (sulfide) groups is 1. The zero-order valence-electron chi connectivity index (χ0n) is 9.80. The van der Waals surface area contributed by atoms with E-state index in [9.17, 15) is 9.59 Å². The van der Waals surface area contributed by atoms with E-state index >= 15 is 0 Å². The highest BCUT2D eigenvalue weighted by Gasteiger charge is 2.11. The van der Waals surface area contributed by atoms with Gasteiger partial charge < -0.3 is 9.84 Å². The van der Waals surface area contributed by atoms with Gasteiger partial charge in [0.05, 0.1) is 5.56 Å². The second-order valence-corrected chi connectivity index (χ2v) is 4.08. The van der Waals surface area contributed by atoms with Gasteiger partial charge in [-0.05, 0) is 24.5 Å². The number of benzene rings is 1. The molecule has 0 aliphatic carbocycles. The van der Waals surface area contributed by atoms with Gasteiger partial charge in [0.25, 0.3) is 0 Å². The summed E-state index contributed by atoms with van der Waals surface area (Å²) < 4.78 is 4.73. The van der Waals surface area contributed by atoms with Crippen LogP contribution in [0, 0.1) is 0 Å². The maximum atomic E-state index is 11.3. The highest BCUT2D eigenvalue weighted by molar-refractivity contribution is 7.98. The number of nitrogens with one attached hydrogen (secondary N) is 1. The van der Waals surface area contributed by atoms with Gasteiger partial charge in [-0.2, -0.15) is 0 Å². The highest BCUT2D eigenvalue weighted by atomic mass is 32.2. The van der Waals surface area contributed by atoms with Crippen LogP contribution in [-0.2, 0) is 4.74 Å². The summed E-state index contributed by atoms with van der Waals surface area (Å²) in [6, 6.07) is 4.65. The summed E-state index contributed by atoms with van der Waals surface area (Å²) in [5.74, 6) is -1.04. The summed E-state index contributed by atoms with van der Waals surface area (Å²) in [4.78, 5) is 22.9. The molecule has 0 radical (unpaired) electrons. The van der Waals surface area contributed by atoms with Crippen LogP contribution in [0.25, 0.3) is 0 Å². The molecule has 96 valence electrons. The van der Waals surface area contributed by atoms with E-state index in [2.05, 4.69) is 11.9 Å². The van der Waals surface area contributed by atoms with Crippen LogP contribution in [0.3, 0.4) is 0 Å². The SMILES string of the molecule is C=CCOC(=O)Nc1ccc(SC)c(C(=O)O)c1. The number of aromatic carboxylic acids is 1. The Labute approximate surface area is 109 Å². The first-order valence-corrected chi connectivity index (χ1v) is 6.27. The van der Waals surface area contributed by atoms with Crippen molar-refractivity contribution in [3.63, 3.8) is 0 Å². The highest BCUT2D eigenvalue weighted by Crippen LogP contribution is 2.24. The molecule has 18 heavy (non-hydrogen) atoms. The quantitative estimate of drug-likeness (QED) is 0.633. The molecule has 6 heteroatoms. The van der Waals surface area contributed by atoms with Crippen LogP contribution in [0.1, 0.15) is 10.4 Å². The maximum Gasteiger partial charge on any atom is 0.411 e. The van der Waals surface area contributed by atoms with E-state index in [1.165, 1.54) is 23.9 Å². The van der Waals surface area contributed by atoms with Crippen molar-refractivity contribution in [3.8, 4) is 0 Å². The lowest BCUT2D eigenvalue weighted by atomic mass is 10.2. The Morgan fingerprint density at radius 3 is 2.83 bits per heavy atom. The van der Waals surface area contributed by atoms with Gasteiger partial charge in [-0.1, -0.05) is 12.7 Å². The average molecular weight is 267 g/mol. The third kappa shape index (κ3) is 3.81. The number of carboxylic acids is 1. The standard InChI is InChI=1S/C12H13NO4S/c1-3-6-17-12(16)13-8-4-5-10(18-2)9(7-8)11(14)15/h3-5,7H,1,6H2,2H3,(H,13,16)(H,14,15). The smallest absolute Gasteiger partial charge is 0.411 e. The third-order valence-electron chi connectivity index (χ3n) is 2.01. The number of carbonyl (C=O) groups is 2. The van der Waals surface area contributed by atoms with Gasteiger partial charge in [-0.3, -0.25) is 5.32 Å². The second kappa shape index (κ2) is 6.70. The molecule has 1 aromatic rings. The summed E-state index contributed by atoms with van der Waals surface area (Å²) in [7, 11) is 0. The number of rotatable bonds is 5. The monoisotopic (exact) mass is 267 g/mol. The first kappa shape index (κ1) is 14.1. The minimum Gasteiger partial charge on any atom is -0.478 e. The molecular formula is C12H13NO4S. The van der Waals surface area contributed by atoms with Crippen LogP contribution in [-0.4, -0.2) is 30.0 Å². The predicted octanol–water partition coefficient (Wildman–Crippen LogP) is 2.84. The zero-order valence-corrected chi connectivity index (χ0v) is 10.6. The normalized spacial score (nSPS) is 9.61. The van der Waals surface area contributed by atoms with Gasteiger partial charge in [0, 0.05) is 10.6 Å². The summed E-state index contributed by atoms with van der Waals surface area (Å²) in [6.45, 7) is 3.51. The number of anilines is 1. The number of carboxylic acid groups (broad SMARTS) is 1. The van der Waals surface area contributed by atoms with Crippen molar-refractivity contribution in [2.24, 2.45) is 0 Å². The Morgan fingerprint density at radius 1 is 1.56 bits per heavy atom. The van der Waals surface area contributed by atoms with Gasteiger partial charge in [0.1, 0.15) is 6.61 Å². The molecule has 5 nitrogen and oxygen atoms in total. The Morgan fingerprint density at radius 2 is 2.28 bits per heavy atom. The molecule has 0 aromatic heterocycles. The Kier molecular flexibility index (Phi) is 5.26. The summed E-state index contributed by atoms with van der Waals surface area (Å²) in [6.07, 6.45) is 2.58. The van der Waals surface area contributed by atoms with Crippen LogP contribution < -0.4 is 5.32 Å². The van der Waals surface area contributed by atoms with E-state index in [-0.39, 0.29) is 12.2 Å². The van der Waals surface area contributed by atoms with Crippen molar-refractivity contribution in [3.05, 3.63) is 36.4 Å². The van der Waals surface area contributed by atoms with Gasteiger partial charge in [-0.15, -0.1) is 11.8 Å². The predicted molar refractivity (Wildman–Crippen MR) is 70.4 cm³/mol. The van der Waals surface area contributed by atoms with Crippen LogP contribution in [0.5, 0.6) is 0 Å². The maximum absolute atomic E-state index is 11.3. The first-order chi connectivity index (χ1) is 8.58. The van der Waals surface area contributed by atoms with Gasteiger partial charge in [0.2, 0.25) is 0 Å². The zero-order chi connectivity index (χ0) is 13.5. The average Bonchev–Trinajstić information content (AvgIpc) is 2.36. The minimum atomic E-state index is -1.04. The topological polar surface area (TPSA) is 75.6 Å². The molecule has 0 bridgehead atoms. The molecule has 0 aliphatic heterocycles.